The zero-order valence-electron chi connectivity index (χ0n) is 20.1. The fraction of sp³-hybridized carbons (Fsp3) is 0.222. The molecule has 35 heavy (non-hydrogen) atoms. The van der Waals surface area contributed by atoms with Crippen LogP contribution in [0.15, 0.2) is 77.7 Å². The van der Waals surface area contributed by atoms with Gasteiger partial charge in [0.1, 0.15) is 11.6 Å². The maximum Gasteiger partial charge on any atom is 0.263 e. The summed E-state index contributed by atoms with van der Waals surface area (Å²) >= 11 is 0. The topological polar surface area (TPSA) is 89.1 Å². The lowest BCUT2D eigenvalue weighted by atomic mass is 10.0. The number of pyridine rings is 1. The third kappa shape index (κ3) is 5.55. The molecule has 180 valence electrons. The Kier molecular flexibility index (Phi) is 7.22. The van der Waals surface area contributed by atoms with Crippen LogP contribution in [0, 0.1) is 5.82 Å². The minimum absolute atomic E-state index is 0.172. The number of benzene rings is 2. The lowest BCUT2D eigenvalue weighted by molar-refractivity contribution is 0.303. The van der Waals surface area contributed by atoms with Crippen molar-refractivity contribution in [3.8, 4) is 22.4 Å². The zero-order valence-corrected chi connectivity index (χ0v) is 20.1. The summed E-state index contributed by atoms with van der Waals surface area (Å²) in [6.07, 6.45) is 2.42. The summed E-state index contributed by atoms with van der Waals surface area (Å²) in [6.45, 7) is 0.579. The number of hydrogen-bond acceptors (Lipinski definition) is 6. The van der Waals surface area contributed by atoms with E-state index in [0.717, 1.165) is 6.42 Å². The Morgan fingerprint density at radius 2 is 1.77 bits per heavy atom. The second-order valence-corrected chi connectivity index (χ2v) is 8.69. The molecule has 3 N–H and O–H groups in total. The molecule has 2 heterocycles. The molecule has 0 spiro atoms. The van der Waals surface area contributed by atoms with Gasteiger partial charge in [0.05, 0.1) is 11.3 Å². The molecule has 2 aromatic heterocycles. The van der Waals surface area contributed by atoms with Crippen molar-refractivity contribution in [3.63, 3.8) is 0 Å². The van der Waals surface area contributed by atoms with Crippen molar-refractivity contribution < 1.29 is 4.39 Å². The third-order valence-corrected chi connectivity index (χ3v) is 6.02. The second kappa shape index (κ2) is 10.5. The molecule has 7 nitrogen and oxygen atoms in total. The first-order valence-electron chi connectivity index (χ1n) is 11.4. The Morgan fingerprint density at radius 3 is 2.43 bits per heavy atom. The third-order valence-electron chi connectivity index (χ3n) is 6.02. The summed E-state index contributed by atoms with van der Waals surface area (Å²) in [5, 5.41) is 3.37. The first-order chi connectivity index (χ1) is 16.8. The van der Waals surface area contributed by atoms with Crippen LogP contribution in [0.3, 0.4) is 0 Å². The highest BCUT2D eigenvalue weighted by Crippen LogP contribution is 2.29. The number of nitrogens with two attached hydrogens (primary N) is 1. The summed E-state index contributed by atoms with van der Waals surface area (Å²) in [5.41, 5.74) is 8.97. The van der Waals surface area contributed by atoms with Crippen molar-refractivity contribution in [2.45, 2.75) is 12.5 Å². The Hall–Kier alpha value is -4.04. The summed E-state index contributed by atoms with van der Waals surface area (Å²) < 4.78 is 15.1. The van der Waals surface area contributed by atoms with E-state index < -0.39 is 0 Å². The molecule has 0 bridgehead atoms. The molecule has 1 atom stereocenters. The number of aromatic nitrogens is 3. The van der Waals surface area contributed by atoms with Gasteiger partial charge in [-0.1, -0.05) is 42.5 Å². The molecular formula is C27H29FN6O. The molecule has 4 rings (SSSR count). The van der Waals surface area contributed by atoms with E-state index in [1.165, 1.54) is 22.3 Å². The van der Waals surface area contributed by atoms with Crippen LogP contribution in [-0.4, -0.2) is 46.1 Å². The monoisotopic (exact) mass is 472 g/mol. The van der Waals surface area contributed by atoms with Gasteiger partial charge in [0, 0.05) is 31.4 Å². The highest BCUT2D eigenvalue weighted by molar-refractivity contribution is 5.81. The molecule has 0 fully saturated rings. The number of nitrogens with zero attached hydrogens (tertiary/aromatic N) is 4. The van der Waals surface area contributed by atoms with E-state index in [1.54, 1.807) is 37.5 Å². The molecule has 0 aliphatic heterocycles. The van der Waals surface area contributed by atoms with Gasteiger partial charge in [0.2, 0.25) is 5.95 Å². The standard InChI is InChI=1S/C27H29FN6O/c1-33(2)22(15-18-7-5-4-6-8-18)17-31-27-32-25(20-13-14-30-23(29)16-20)24(26(35)34(27)3)19-9-11-21(28)12-10-19/h4-14,16,22H,15,17H2,1-3H3,(H2,29,30)(H,31,32)/t22-/m1/s1. The molecule has 0 saturated heterocycles. The SMILES string of the molecule is CN(C)[C@@H](CNc1nc(-c2ccnc(N)c2)c(-c2ccc(F)cc2)c(=O)n1C)Cc1ccccc1. The summed E-state index contributed by atoms with van der Waals surface area (Å²) in [5.74, 6) is 0.380. The largest absolute Gasteiger partial charge is 0.384 e. The van der Waals surface area contributed by atoms with Crippen molar-refractivity contribution >= 4 is 11.8 Å². The van der Waals surface area contributed by atoms with E-state index in [1.807, 2.05) is 32.3 Å². The molecule has 0 aliphatic carbocycles. The predicted molar refractivity (Wildman–Crippen MR) is 139 cm³/mol. The van der Waals surface area contributed by atoms with Crippen LogP contribution < -0.4 is 16.6 Å². The van der Waals surface area contributed by atoms with Gasteiger partial charge in [-0.2, -0.15) is 0 Å². The fourth-order valence-corrected chi connectivity index (χ4v) is 3.97. The minimum atomic E-state index is -0.375. The number of nitrogen functional groups attached to an aromatic ring is 1. The maximum absolute atomic E-state index is 13.6. The average molecular weight is 473 g/mol. The van der Waals surface area contributed by atoms with E-state index in [9.17, 15) is 9.18 Å². The van der Waals surface area contributed by atoms with Crippen molar-refractivity contribution in [3.05, 3.63) is 94.7 Å². The van der Waals surface area contributed by atoms with Gasteiger partial charge >= 0.3 is 0 Å². The second-order valence-electron chi connectivity index (χ2n) is 8.69. The number of anilines is 2. The first-order valence-corrected chi connectivity index (χ1v) is 11.4. The first kappa shape index (κ1) is 24.1. The predicted octanol–water partition coefficient (Wildman–Crippen LogP) is 3.82. The number of hydrogen-bond donors (Lipinski definition) is 2. The average Bonchev–Trinajstić information content (AvgIpc) is 2.85. The van der Waals surface area contributed by atoms with Gasteiger partial charge < -0.3 is 16.0 Å². The molecule has 0 saturated carbocycles. The summed E-state index contributed by atoms with van der Waals surface area (Å²) in [6, 6.07) is 19.7. The van der Waals surface area contributed by atoms with Crippen LogP contribution in [0.4, 0.5) is 16.2 Å². The molecular weight excluding hydrogens is 443 g/mol. The molecule has 0 aliphatic rings. The number of nitrogens with one attached hydrogen (secondary N) is 1. The fourth-order valence-electron chi connectivity index (χ4n) is 3.97. The Labute approximate surface area is 204 Å². The minimum Gasteiger partial charge on any atom is -0.384 e. The molecule has 0 radical (unpaired) electrons. The van der Waals surface area contributed by atoms with Gasteiger partial charge in [-0.15, -0.1) is 0 Å². The van der Waals surface area contributed by atoms with E-state index in [-0.39, 0.29) is 17.4 Å². The lowest BCUT2D eigenvalue weighted by Gasteiger charge is -2.26. The number of halogens is 1. The zero-order chi connectivity index (χ0) is 24.9. The summed E-state index contributed by atoms with van der Waals surface area (Å²) in [4.78, 5) is 24.6. The van der Waals surface area contributed by atoms with Crippen molar-refractivity contribution in [1.29, 1.82) is 0 Å². The molecule has 0 amide bonds. The van der Waals surface area contributed by atoms with Crippen LogP contribution in [0.2, 0.25) is 0 Å². The Morgan fingerprint density at radius 1 is 1.06 bits per heavy atom. The summed E-state index contributed by atoms with van der Waals surface area (Å²) in [7, 11) is 5.74. The van der Waals surface area contributed by atoms with Crippen LogP contribution in [0.1, 0.15) is 5.56 Å². The van der Waals surface area contributed by atoms with E-state index in [2.05, 4.69) is 27.3 Å². The molecule has 0 unspecified atom stereocenters. The Bertz CT molecular complexity index is 1350. The molecule has 4 aromatic rings. The van der Waals surface area contributed by atoms with E-state index >= 15 is 0 Å². The van der Waals surface area contributed by atoms with Crippen LogP contribution in [0.5, 0.6) is 0 Å². The van der Waals surface area contributed by atoms with Crippen molar-refractivity contribution in [1.82, 2.24) is 19.4 Å². The quantitative estimate of drug-likeness (QED) is 0.405. The molecule has 2 aromatic carbocycles. The van der Waals surface area contributed by atoms with Crippen molar-refractivity contribution in [2.24, 2.45) is 7.05 Å². The lowest BCUT2D eigenvalue weighted by Crippen LogP contribution is -2.37. The Balaban J connectivity index is 1.74. The van der Waals surface area contributed by atoms with Gasteiger partial charge in [-0.05, 0) is 55.9 Å². The van der Waals surface area contributed by atoms with Crippen molar-refractivity contribution in [2.75, 3.05) is 31.7 Å². The van der Waals surface area contributed by atoms with Gasteiger partial charge in [0.25, 0.3) is 5.56 Å². The van der Waals surface area contributed by atoms with E-state index in [0.29, 0.717) is 40.7 Å². The van der Waals surface area contributed by atoms with Gasteiger partial charge in [-0.25, -0.2) is 14.4 Å². The van der Waals surface area contributed by atoms with Crippen LogP contribution >= 0.6 is 0 Å². The smallest absolute Gasteiger partial charge is 0.263 e. The van der Waals surface area contributed by atoms with Crippen LogP contribution in [0.25, 0.3) is 22.4 Å². The van der Waals surface area contributed by atoms with Crippen LogP contribution in [-0.2, 0) is 13.5 Å². The van der Waals surface area contributed by atoms with Gasteiger partial charge in [-0.3, -0.25) is 9.36 Å². The highest BCUT2D eigenvalue weighted by Gasteiger charge is 2.20. The normalized spacial score (nSPS) is 12.0. The highest BCUT2D eigenvalue weighted by atomic mass is 19.1. The van der Waals surface area contributed by atoms with E-state index in [4.69, 9.17) is 10.7 Å². The number of rotatable bonds is 8. The van der Waals surface area contributed by atoms with Gasteiger partial charge in [0.15, 0.2) is 0 Å². The maximum atomic E-state index is 13.6. The molecule has 8 heteroatoms. The number of likely N-dealkylation sites (N-methyl/N-ethyl adjacent to an activating group) is 1.